The summed E-state index contributed by atoms with van der Waals surface area (Å²) in [6.45, 7) is 2.06. The minimum Gasteiger partial charge on any atom is -0.507 e. The molecule has 2 aromatic rings. The molecule has 0 fully saturated rings. The van der Waals surface area contributed by atoms with Crippen LogP contribution in [0, 0.1) is 0 Å². The van der Waals surface area contributed by atoms with Gasteiger partial charge in [-0.25, -0.2) is 5.43 Å². The van der Waals surface area contributed by atoms with Crippen molar-refractivity contribution in [2.45, 2.75) is 18.2 Å². The third kappa shape index (κ3) is 5.54. The summed E-state index contributed by atoms with van der Waals surface area (Å²) in [7, 11) is 0. The van der Waals surface area contributed by atoms with E-state index in [-0.39, 0.29) is 18.1 Å². The Morgan fingerprint density at radius 3 is 2.88 bits per heavy atom. The molecule has 7 heteroatoms. The average Bonchev–Trinajstić information content (AvgIpc) is 2.53. The number of carbonyl (C=O) groups is 1. The normalized spacial score (nSPS) is 11.0. The second-order valence-corrected chi connectivity index (χ2v) is 7.46. The van der Waals surface area contributed by atoms with Crippen molar-refractivity contribution in [2.75, 3.05) is 5.75 Å². The number of amides is 1. The standard InChI is InChI=1S/C17H16BrClN2O2S/c1-2-24-16-6-4-13(19)8-12(16)9-17(23)21-20-10-11-3-5-15(22)14(18)7-11/h3-8,10,22H,2,9H2,1H3,(H,21,23)/b20-10-. The lowest BCUT2D eigenvalue weighted by atomic mass is 10.1. The Labute approximate surface area is 158 Å². The predicted octanol–water partition coefficient (Wildman–Crippen LogP) is 4.61. The van der Waals surface area contributed by atoms with E-state index in [0.717, 1.165) is 21.8 Å². The number of hydrazone groups is 1. The largest absolute Gasteiger partial charge is 0.507 e. The summed E-state index contributed by atoms with van der Waals surface area (Å²) in [6, 6.07) is 10.5. The molecule has 0 aliphatic carbocycles. The first kappa shape index (κ1) is 18.8. The van der Waals surface area contributed by atoms with Crippen LogP contribution in [0.5, 0.6) is 5.75 Å². The maximum absolute atomic E-state index is 12.1. The number of phenols is 1. The number of nitrogens with one attached hydrogen (secondary N) is 1. The van der Waals surface area contributed by atoms with Gasteiger partial charge in [-0.3, -0.25) is 4.79 Å². The van der Waals surface area contributed by atoms with E-state index in [1.807, 2.05) is 12.1 Å². The van der Waals surface area contributed by atoms with E-state index in [1.165, 1.54) is 6.21 Å². The molecule has 0 radical (unpaired) electrons. The molecule has 0 saturated carbocycles. The van der Waals surface area contributed by atoms with Gasteiger partial charge in [0.15, 0.2) is 0 Å². The summed E-state index contributed by atoms with van der Waals surface area (Å²) in [5, 5.41) is 14.0. The maximum Gasteiger partial charge on any atom is 0.244 e. The van der Waals surface area contributed by atoms with Crippen molar-refractivity contribution in [3.05, 3.63) is 57.0 Å². The molecule has 0 unspecified atom stereocenters. The van der Waals surface area contributed by atoms with Crippen molar-refractivity contribution in [1.82, 2.24) is 5.43 Å². The van der Waals surface area contributed by atoms with Gasteiger partial charge in [-0.2, -0.15) is 5.10 Å². The number of halogens is 2. The number of carbonyl (C=O) groups excluding carboxylic acids is 1. The Balaban J connectivity index is 1.99. The first-order valence-corrected chi connectivity index (χ1v) is 9.37. The molecule has 2 N–H and O–H groups in total. The summed E-state index contributed by atoms with van der Waals surface area (Å²) in [5.74, 6) is 0.854. The summed E-state index contributed by atoms with van der Waals surface area (Å²) in [5.41, 5.74) is 4.14. The second-order valence-electron chi connectivity index (χ2n) is 4.87. The van der Waals surface area contributed by atoms with Crippen LogP contribution in [0.25, 0.3) is 0 Å². The topological polar surface area (TPSA) is 61.7 Å². The molecule has 4 nitrogen and oxygen atoms in total. The van der Waals surface area contributed by atoms with E-state index in [1.54, 1.807) is 36.0 Å². The molecule has 0 aromatic heterocycles. The number of phenolic OH excluding ortho intramolecular Hbond substituents is 1. The smallest absolute Gasteiger partial charge is 0.244 e. The van der Waals surface area contributed by atoms with E-state index >= 15 is 0 Å². The predicted molar refractivity (Wildman–Crippen MR) is 103 cm³/mol. The van der Waals surface area contributed by atoms with Gasteiger partial charge in [0.1, 0.15) is 5.75 Å². The van der Waals surface area contributed by atoms with Crippen LogP contribution in [-0.2, 0) is 11.2 Å². The fourth-order valence-corrected chi connectivity index (χ4v) is 3.36. The highest BCUT2D eigenvalue weighted by Gasteiger charge is 2.08. The van der Waals surface area contributed by atoms with Crippen LogP contribution in [0.3, 0.4) is 0 Å². The van der Waals surface area contributed by atoms with Gasteiger partial charge in [0.05, 0.1) is 17.1 Å². The zero-order valence-corrected chi connectivity index (χ0v) is 16.1. The van der Waals surface area contributed by atoms with Gasteiger partial charge in [-0.15, -0.1) is 11.8 Å². The highest BCUT2D eigenvalue weighted by Crippen LogP contribution is 2.26. The SMILES string of the molecule is CCSc1ccc(Cl)cc1CC(=O)N/N=C\c1ccc(O)c(Br)c1. The Hall–Kier alpha value is -1.50. The van der Waals surface area contributed by atoms with Gasteiger partial charge in [0, 0.05) is 9.92 Å². The molecule has 0 bridgehead atoms. The molecule has 0 spiro atoms. The lowest BCUT2D eigenvalue weighted by molar-refractivity contribution is -0.120. The Kier molecular flexibility index (Phi) is 7.15. The van der Waals surface area contributed by atoms with Crippen LogP contribution in [0.15, 0.2) is 50.9 Å². The highest BCUT2D eigenvalue weighted by molar-refractivity contribution is 9.10. The van der Waals surface area contributed by atoms with Gasteiger partial charge in [-0.1, -0.05) is 18.5 Å². The van der Waals surface area contributed by atoms with E-state index in [0.29, 0.717) is 9.50 Å². The first-order chi connectivity index (χ1) is 11.5. The van der Waals surface area contributed by atoms with Crippen LogP contribution in [0.4, 0.5) is 0 Å². The quantitative estimate of drug-likeness (QED) is 0.402. The number of rotatable bonds is 6. The third-order valence-corrected chi connectivity index (χ3v) is 4.92. The fraction of sp³-hybridized carbons (Fsp3) is 0.176. The van der Waals surface area contributed by atoms with Gasteiger partial charge in [-0.05, 0) is 69.2 Å². The number of thioether (sulfide) groups is 1. The summed E-state index contributed by atoms with van der Waals surface area (Å²) in [6.07, 6.45) is 1.72. The number of hydrogen-bond acceptors (Lipinski definition) is 4. The van der Waals surface area contributed by atoms with Crippen molar-refractivity contribution in [1.29, 1.82) is 0 Å². The van der Waals surface area contributed by atoms with E-state index in [2.05, 4.69) is 33.4 Å². The molecule has 1 amide bonds. The van der Waals surface area contributed by atoms with Crippen LogP contribution < -0.4 is 5.43 Å². The average molecular weight is 428 g/mol. The zero-order valence-electron chi connectivity index (χ0n) is 12.9. The fourth-order valence-electron chi connectivity index (χ4n) is 1.98. The Morgan fingerprint density at radius 2 is 2.17 bits per heavy atom. The van der Waals surface area contributed by atoms with Crippen molar-refractivity contribution in [2.24, 2.45) is 5.10 Å². The number of nitrogens with zero attached hydrogens (tertiary/aromatic N) is 1. The lowest BCUT2D eigenvalue weighted by Crippen LogP contribution is -2.20. The molecule has 0 aliphatic heterocycles. The Morgan fingerprint density at radius 1 is 1.38 bits per heavy atom. The van der Waals surface area contributed by atoms with Crippen molar-refractivity contribution >= 4 is 51.4 Å². The Bertz CT molecular complexity index is 768. The van der Waals surface area contributed by atoms with Gasteiger partial charge >= 0.3 is 0 Å². The van der Waals surface area contributed by atoms with Gasteiger partial charge < -0.3 is 5.11 Å². The summed E-state index contributed by atoms with van der Waals surface area (Å²) < 4.78 is 0.568. The van der Waals surface area contributed by atoms with E-state index in [9.17, 15) is 9.90 Å². The number of aromatic hydroxyl groups is 1. The molecular weight excluding hydrogens is 412 g/mol. The van der Waals surface area contributed by atoms with E-state index in [4.69, 9.17) is 11.6 Å². The van der Waals surface area contributed by atoms with Crippen LogP contribution in [0.1, 0.15) is 18.1 Å². The monoisotopic (exact) mass is 426 g/mol. The molecule has 2 aromatic carbocycles. The molecule has 0 saturated heterocycles. The maximum atomic E-state index is 12.1. The lowest BCUT2D eigenvalue weighted by Gasteiger charge is -2.08. The summed E-state index contributed by atoms with van der Waals surface area (Å²) >= 11 is 10.9. The third-order valence-electron chi connectivity index (χ3n) is 3.05. The highest BCUT2D eigenvalue weighted by atomic mass is 79.9. The zero-order chi connectivity index (χ0) is 17.5. The molecule has 0 heterocycles. The van der Waals surface area contributed by atoms with Crippen LogP contribution in [-0.4, -0.2) is 23.0 Å². The second kappa shape index (κ2) is 9.11. The van der Waals surface area contributed by atoms with Crippen LogP contribution >= 0.6 is 39.3 Å². The minimum absolute atomic E-state index is 0.151. The van der Waals surface area contributed by atoms with Gasteiger partial charge in [0.2, 0.25) is 5.91 Å². The molecule has 0 aliphatic rings. The minimum atomic E-state index is -0.218. The molecule has 24 heavy (non-hydrogen) atoms. The molecule has 126 valence electrons. The molecular formula is C17H16BrClN2O2S. The van der Waals surface area contributed by atoms with Crippen molar-refractivity contribution < 1.29 is 9.90 Å². The van der Waals surface area contributed by atoms with Crippen LogP contribution in [0.2, 0.25) is 5.02 Å². The number of benzene rings is 2. The first-order valence-electron chi connectivity index (χ1n) is 7.21. The van der Waals surface area contributed by atoms with Gasteiger partial charge in [0.25, 0.3) is 0 Å². The summed E-state index contributed by atoms with van der Waals surface area (Å²) in [4.78, 5) is 13.1. The molecule has 0 atom stereocenters. The van der Waals surface area contributed by atoms with E-state index < -0.39 is 0 Å². The van der Waals surface area contributed by atoms with Crippen molar-refractivity contribution in [3.63, 3.8) is 0 Å². The molecule has 2 rings (SSSR count). The van der Waals surface area contributed by atoms with Crippen molar-refractivity contribution in [3.8, 4) is 5.75 Å². The number of hydrogen-bond donors (Lipinski definition) is 2.